The van der Waals surface area contributed by atoms with Crippen molar-refractivity contribution >= 4 is 0 Å². The lowest BCUT2D eigenvalue weighted by Crippen LogP contribution is -2.67. The molecule has 2 rings (SSSR count). The van der Waals surface area contributed by atoms with Crippen LogP contribution in [0.5, 0.6) is 0 Å². The van der Waals surface area contributed by atoms with Gasteiger partial charge in [0.05, 0.1) is 19.8 Å². The van der Waals surface area contributed by atoms with Crippen LogP contribution in [0.2, 0.25) is 0 Å². The van der Waals surface area contributed by atoms with E-state index in [2.05, 4.69) is 39.6 Å². The largest absolute Gasteiger partial charge is 0.396 e. The van der Waals surface area contributed by atoms with Crippen molar-refractivity contribution in [3.63, 3.8) is 0 Å². The molecule has 0 aromatic heterocycles. The molecule has 0 saturated carbocycles. The zero-order valence-electron chi connectivity index (χ0n) is 13.2. The van der Waals surface area contributed by atoms with Gasteiger partial charge in [0.1, 0.15) is 0 Å². The first-order chi connectivity index (χ1) is 8.54. The van der Waals surface area contributed by atoms with Crippen LogP contribution in [0.25, 0.3) is 0 Å². The Hall–Kier alpha value is -0.160. The van der Waals surface area contributed by atoms with Crippen LogP contribution >= 0.6 is 0 Å². The van der Waals surface area contributed by atoms with Gasteiger partial charge in [-0.15, -0.1) is 0 Å². The minimum Gasteiger partial charge on any atom is -0.396 e. The van der Waals surface area contributed by atoms with Gasteiger partial charge in [-0.05, 0) is 34.7 Å². The fourth-order valence-corrected chi connectivity index (χ4v) is 3.43. The Kier molecular flexibility index (Phi) is 3.54. The summed E-state index contributed by atoms with van der Waals surface area (Å²) in [7, 11) is 2.17. The molecule has 112 valence electrons. The van der Waals surface area contributed by atoms with Crippen LogP contribution in [0.4, 0.5) is 0 Å². The molecule has 0 atom stereocenters. The fourth-order valence-electron chi connectivity index (χ4n) is 3.43. The summed E-state index contributed by atoms with van der Waals surface area (Å²) in [5, 5.41) is 9.42. The van der Waals surface area contributed by atoms with Crippen LogP contribution in [-0.2, 0) is 9.47 Å². The van der Waals surface area contributed by atoms with Crippen LogP contribution in [-0.4, -0.2) is 53.7 Å². The molecular formula is C15H29NO3. The van der Waals surface area contributed by atoms with E-state index in [9.17, 15) is 5.11 Å². The van der Waals surface area contributed by atoms with Crippen molar-refractivity contribution < 1.29 is 14.6 Å². The maximum absolute atomic E-state index is 9.42. The molecule has 1 spiro atoms. The first-order valence-electron chi connectivity index (χ1n) is 7.17. The zero-order valence-corrected chi connectivity index (χ0v) is 13.2. The van der Waals surface area contributed by atoms with Crippen LogP contribution in [0.3, 0.4) is 0 Å². The third-order valence-corrected chi connectivity index (χ3v) is 4.97. The Morgan fingerprint density at radius 3 is 1.74 bits per heavy atom. The molecule has 0 aliphatic carbocycles. The number of aliphatic hydroxyl groups excluding tert-OH is 1. The van der Waals surface area contributed by atoms with Gasteiger partial charge in [-0.1, -0.05) is 6.92 Å². The molecule has 4 nitrogen and oxygen atoms in total. The van der Waals surface area contributed by atoms with E-state index in [0.29, 0.717) is 13.2 Å². The summed E-state index contributed by atoms with van der Waals surface area (Å²) in [6, 6.07) is 0. The van der Waals surface area contributed by atoms with Crippen molar-refractivity contribution in [3.8, 4) is 0 Å². The monoisotopic (exact) mass is 271 g/mol. The van der Waals surface area contributed by atoms with Gasteiger partial charge in [0, 0.05) is 29.3 Å². The normalized spacial score (nSPS) is 32.4. The van der Waals surface area contributed by atoms with E-state index in [1.807, 2.05) is 6.92 Å². The van der Waals surface area contributed by atoms with E-state index >= 15 is 0 Å². The van der Waals surface area contributed by atoms with Gasteiger partial charge in [-0.3, -0.25) is 4.90 Å². The van der Waals surface area contributed by atoms with E-state index in [-0.39, 0.29) is 23.1 Å². The molecule has 2 fully saturated rings. The third-order valence-electron chi connectivity index (χ3n) is 4.97. The second-order valence-electron chi connectivity index (χ2n) is 7.99. The first kappa shape index (κ1) is 15.2. The second kappa shape index (κ2) is 4.42. The van der Waals surface area contributed by atoms with Gasteiger partial charge >= 0.3 is 0 Å². The molecule has 0 aromatic carbocycles. The maximum atomic E-state index is 9.42. The number of likely N-dealkylation sites (tertiary alicyclic amines) is 1. The number of hydrogen-bond acceptors (Lipinski definition) is 4. The quantitative estimate of drug-likeness (QED) is 0.792. The lowest BCUT2D eigenvalue weighted by atomic mass is 9.75. The SMILES string of the molecule is CN1C(C)(C)CC2(CC1(C)C)OCC(C)(CO)CO2. The summed E-state index contributed by atoms with van der Waals surface area (Å²) in [6.45, 7) is 12.2. The van der Waals surface area contributed by atoms with Crippen molar-refractivity contribution in [1.82, 2.24) is 4.90 Å². The standard InChI is InChI=1S/C15H29NO3/c1-12(2)7-15(8-13(3,4)16(12)6)18-10-14(5,9-17)11-19-15/h17H,7-11H2,1-6H3. The Balaban J connectivity index is 2.18. The van der Waals surface area contributed by atoms with E-state index in [4.69, 9.17) is 9.47 Å². The summed E-state index contributed by atoms with van der Waals surface area (Å²) in [5.74, 6) is -0.492. The lowest BCUT2D eigenvalue weighted by molar-refractivity contribution is -0.341. The van der Waals surface area contributed by atoms with Crippen LogP contribution in [0.1, 0.15) is 47.5 Å². The average Bonchev–Trinajstić information content (AvgIpc) is 2.30. The van der Waals surface area contributed by atoms with Crippen LogP contribution in [0, 0.1) is 5.41 Å². The van der Waals surface area contributed by atoms with Gasteiger partial charge in [0.15, 0.2) is 5.79 Å². The zero-order chi connectivity index (χ0) is 14.5. The van der Waals surface area contributed by atoms with Crippen molar-refractivity contribution in [2.45, 2.75) is 64.3 Å². The number of rotatable bonds is 1. The number of hydrogen-bond donors (Lipinski definition) is 1. The minimum atomic E-state index is -0.492. The number of nitrogens with zero attached hydrogens (tertiary/aromatic N) is 1. The topological polar surface area (TPSA) is 41.9 Å². The molecule has 19 heavy (non-hydrogen) atoms. The summed E-state index contributed by atoms with van der Waals surface area (Å²) < 4.78 is 12.2. The Bertz CT molecular complexity index is 323. The molecule has 0 radical (unpaired) electrons. The van der Waals surface area contributed by atoms with Crippen LogP contribution in [0.15, 0.2) is 0 Å². The van der Waals surface area contributed by atoms with E-state index < -0.39 is 5.79 Å². The van der Waals surface area contributed by atoms with Gasteiger partial charge < -0.3 is 14.6 Å². The maximum Gasteiger partial charge on any atom is 0.171 e. The molecule has 4 heteroatoms. The van der Waals surface area contributed by atoms with Crippen LogP contribution < -0.4 is 0 Å². The van der Waals surface area contributed by atoms with Gasteiger partial charge in [0.2, 0.25) is 0 Å². The molecule has 2 aliphatic heterocycles. The highest BCUT2D eigenvalue weighted by Crippen LogP contribution is 2.47. The summed E-state index contributed by atoms with van der Waals surface area (Å²) in [6.07, 6.45) is 1.73. The average molecular weight is 271 g/mol. The highest BCUT2D eigenvalue weighted by atomic mass is 16.7. The predicted octanol–water partition coefficient (Wildman–Crippen LogP) is 2.01. The second-order valence-corrected chi connectivity index (χ2v) is 7.99. The van der Waals surface area contributed by atoms with Gasteiger partial charge in [-0.25, -0.2) is 0 Å². The van der Waals surface area contributed by atoms with Gasteiger partial charge in [0.25, 0.3) is 0 Å². The van der Waals surface area contributed by atoms with E-state index in [1.165, 1.54) is 0 Å². The molecule has 0 unspecified atom stereocenters. The van der Waals surface area contributed by atoms with Crippen molar-refractivity contribution in [2.75, 3.05) is 26.9 Å². The fraction of sp³-hybridized carbons (Fsp3) is 1.00. The van der Waals surface area contributed by atoms with E-state index in [0.717, 1.165) is 12.8 Å². The Labute approximate surface area is 117 Å². The molecule has 2 aliphatic rings. The lowest BCUT2D eigenvalue weighted by Gasteiger charge is -2.59. The summed E-state index contributed by atoms with van der Waals surface area (Å²) in [5.41, 5.74) is -0.188. The molecular weight excluding hydrogens is 242 g/mol. The molecule has 0 amide bonds. The number of ether oxygens (including phenoxy) is 2. The van der Waals surface area contributed by atoms with Crippen molar-refractivity contribution in [3.05, 3.63) is 0 Å². The first-order valence-corrected chi connectivity index (χ1v) is 7.17. The predicted molar refractivity (Wildman–Crippen MR) is 75.0 cm³/mol. The third kappa shape index (κ3) is 2.68. The highest BCUT2D eigenvalue weighted by Gasteiger charge is 2.55. The summed E-state index contributed by atoms with van der Waals surface area (Å²) in [4.78, 5) is 2.41. The molecule has 2 saturated heterocycles. The Morgan fingerprint density at radius 2 is 1.37 bits per heavy atom. The molecule has 0 aromatic rings. The number of piperidine rings is 1. The van der Waals surface area contributed by atoms with Crippen molar-refractivity contribution in [1.29, 1.82) is 0 Å². The van der Waals surface area contributed by atoms with Crippen molar-refractivity contribution in [2.24, 2.45) is 5.41 Å². The minimum absolute atomic E-state index is 0.0364. The molecule has 1 N–H and O–H groups in total. The molecule has 2 heterocycles. The van der Waals surface area contributed by atoms with Gasteiger partial charge in [-0.2, -0.15) is 0 Å². The highest BCUT2D eigenvalue weighted by molar-refractivity contribution is 5.03. The molecule has 0 bridgehead atoms. The Morgan fingerprint density at radius 1 is 0.947 bits per heavy atom. The van der Waals surface area contributed by atoms with E-state index in [1.54, 1.807) is 0 Å². The number of aliphatic hydroxyl groups is 1. The summed E-state index contributed by atoms with van der Waals surface area (Å²) >= 11 is 0. The smallest absolute Gasteiger partial charge is 0.171 e.